The second kappa shape index (κ2) is 6.65. The highest BCUT2D eigenvalue weighted by Gasteiger charge is 2.30. The first-order valence-corrected chi connectivity index (χ1v) is 6.51. The Bertz CT molecular complexity index is 468. The van der Waals surface area contributed by atoms with E-state index in [1.807, 2.05) is 4.90 Å². The van der Waals surface area contributed by atoms with E-state index in [4.69, 9.17) is 4.74 Å². The zero-order valence-corrected chi connectivity index (χ0v) is 11.0. The number of nitro benzene ring substituents is 1. The van der Waals surface area contributed by atoms with Gasteiger partial charge in [0.15, 0.2) is 5.75 Å². The van der Waals surface area contributed by atoms with Gasteiger partial charge in [-0.15, -0.1) is 0 Å². The molecule has 0 spiro atoms. The van der Waals surface area contributed by atoms with Gasteiger partial charge in [0.25, 0.3) is 0 Å². The number of aliphatic hydroxyl groups is 2. The average Bonchev–Trinajstić information content (AvgIpc) is 2.79. The first-order chi connectivity index (χ1) is 9.61. The summed E-state index contributed by atoms with van der Waals surface area (Å²) in [5.41, 5.74) is -0.0623. The summed E-state index contributed by atoms with van der Waals surface area (Å²) in [5.74, 6) is 0.234. The second-order valence-electron chi connectivity index (χ2n) is 4.79. The highest BCUT2D eigenvalue weighted by atomic mass is 16.6. The van der Waals surface area contributed by atoms with Crippen LogP contribution in [0, 0.1) is 10.1 Å². The van der Waals surface area contributed by atoms with Crippen LogP contribution in [0.2, 0.25) is 0 Å². The maximum absolute atomic E-state index is 10.8. The van der Waals surface area contributed by atoms with Gasteiger partial charge in [-0.05, 0) is 12.5 Å². The fourth-order valence-corrected chi connectivity index (χ4v) is 2.42. The number of aliphatic hydroxyl groups excluding tert-OH is 2. The van der Waals surface area contributed by atoms with Crippen molar-refractivity contribution in [2.75, 3.05) is 26.3 Å². The summed E-state index contributed by atoms with van der Waals surface area (Å²) in [6, 6.07) is 6.15. The maximum Gasteiger partial charge on any atom is 0.310 e. The molecule has 2 N–H and O–H groups in total. The van der Waals surface area contributed by atoms with Crippen molar-refractivity contribution in [2.45, 2.75) is 18.6 Å². The topological polar surface area (TPSA) is 96.1 Å². The lowest BCUT2D eigenvalue weighted by Gasteiger charge is -2.22. The van der Waals surface area contributed by atoms with Crippen LogP contribution in [0.1, 0.15) is 6.42 Å². The minimum Gasteiger partial charge on any atom is -0.485 e. The van der Waals surface area contributed by atoms with Gasteiger partial charge in [0.1, 0.15) is 6.61 Å². The highest BCUT2D eigenvalue weighted by molar-refractivity contribution is 5.45. The van der Waals surface area contributed by atoms with Crippen molar-refractivity contribution in [1.29, 1.82) is 0 Å². The quantitative estimate of drug-likeness (QED) is 0.579. The van der Waals surface area contributed by atoms with E-state index in [9.17, 15) is 20.3 Å². The SMILES string of the molecule is O=[N+]([O-])c1ccccc1OCCN1C[C@H](O)C[C@H]1CO. The number of ether oxygens (including phenoxy) is 1. The van der Waals surface area contributed by atoms with Crippen molar-refractivity contribution < 1.29 is 19.9 Å². The molecule has 0 aromatic heterocycles. The summed E-state index contributed by atoms with van der Waals surface area (Å²) in [5, 5.41) is 29.6. The number of para-hydroxylation sites is 2. The van der Waals surface area contributed by atoms with Crippen LogP contribution >= 0.6 is 0 Å². The summed E-state index contributed by atoms with van der Waals surface area (Å²) in [7, 11) is 0. The summed E-state index contributed by atoms with van der Waals surface area (Å²) < 4.78 is 5.44. The van der Waals surface area contributed by atoms with Crippen LogP contribution in [0.3, 0.4) is 0 Å². The molecule has 7 heteroatoms. The summed E-state index contributed by atoms with van der Waals surface area (Å²) in [6.45, 7) is 1.26. The predicted molar refractivity (Wildman–Crippen MR) is 71.7 cm³/mol. The van der Waals surface area contributed by atoms with Crippen LogP contribution in [0.25, 0.3) is 0 Å². The monoisotopic (exact) mass is 282 g/mol. The van der Waals surface area contributed by atoms with Gasteiger partial charge in [0.05, 0.1) is 17.6 Å². The molecule has 1 aromatic carbocycles. The fraction of sp³-hybridized carbons (Fsp3) is 0.538. The molecular weight excluding hydrogens is 264 g/mol. The molecule has 7 nitrogen and oxygen atoms in total. The van der Waals surface area contributed by atoms with E-state index in [0.29, 0.717) is 19.5 Å². The Balaban J connectivity index is 1.89. The summed E-state index contributed by atoms with van der Waals surface area (Å²) in [4.78, 5) is 12.3. The lowest BCUT2D eigenvalue weighted by atomic mass is 10.2. The molecular formula is C13H18N2O5. The zero-order valence-electron chi connectivity index (χ0n) is 11.0. The molecule has 0 radical (unpaired) electrons. The lowest BCUT2D eigenvalue weighted by molar-refractivity contribution is -0.385. The molecule has 0 amide bonds. The number of β-amino-alcohol motifs (C(OH)–C–C–N with tert-alkyl or cyclic N) is 1. The Kier molecular flexibility index (Phi) is 4.89. The van der Waals surface area contributed by atoms with Gasteiger partial charge < -0.3 is 14.9 Å². The lowest BCUT2D eigenvalue weighted by Crippen LogP contribution is -2.35. The van der Waals surface area contributed by atoms with Gasteiger partial charge in [-0.2, -0.15) is 0 Å². The van der Waals surface area contributed by atoms with E-state index in [0.717, 1.165) is 0 Å². The third kappa shape index (κ3) is 3.44. The average molecular weight is 282 g/mol. The number of likely N-dealkylation sites (tertiary alicyclic amines) is 1. The number of nitrogens with zero attached hydrogens (tertiary/aromatic N) is 2. The highest BCUT2D eigenvalue weighted by Crippen LogP contribution is 2.26. The van der Waals surface area contributed by atoms with Gasteiger partial charge in [-0.1, -0.05) is 12.1 Å². The van der Waals surface area contributed by atoms with Gasteiger partial charge in [-0.3, -0.25) is 15.0 Å². The smallest absolute Gasteiger partial charge is 0.310 e. The van der Waals surface area contributed by atoms with Gasteiger partial charge >= 0.3 is 5.69 Å². The largest absolute Gasteiger partial charge is 0.485 e. The molecule has 1 aliphatic rings. The van der Waals surface area contributed by atoms with Crippen LogP contribution in [0.5, 0.6) is 5.75 Å². The normalized spacial score (nSPS) is 22.9. The standard InChI is InChI=1S/C13H18N2O5/c16-9-10-7-11(17)8-14(10)5-6-20-13-4-2-1-3-12(13)15(18)19/h1-4,10-11,16-17H,5-9H2/t10-,11+/m0/s1. The molecule has 1 heterocycles. The van der Waals surface area contributed by atoms with Crippen molar-refractivity contribution in [1.82, 2.24) is 4.90 Å². The first-order valence-electron chi connectivity index (χ1n) is 6.51. The van der Waals surface area contributed by atoms with Crippen LogP contribution in [-0.4, -0.2) is 58.5 Å². The van der Waals surface area contributed by atoms with Crippen LogP contribution in [-0.2, 0) is 0 Å². The van der Waals surface area contributed by atoms with E-state index < -0.39 is 11.0 Å². The Labute approximate surface area is 116 Å². The van der Waals surface area contributed by atoms with E-state index >= 15 is 0 Å². The van der Waals surface area contributed by atoms with Crippen molar-refractivity contribution in [3.05, 3.63) is 34.4 Å². The number of hydrogen-bond acceptors (Lipinski definition) is 6. The van der Waals surface area contributed by atoms with Gasteiger partial charge in [0.2, 0.25) is 0 Å². The molecule has 1 saturated heterocycles. The predicted octanol–water partition coefficient (Wildman–Crippen LogP) is 0.401. The Morgan fingerprint density at radius 2 is 2.20 bits per heavy atom. The minimum absolute atomic E-state index is 0.0114. The maximum atomic E-state index is 10.8. The first kappa shape index (κ1) is 14.7. The zero-order chi connectivity index (χ0) is 14.5. The Morgan fingerprint density at radius 3 is 2.90 bits per heavy atom. The second-order valence-corrected chi connectivity index (χ2v) is 4.79. The molecule has 0 aliphatic carbocycles. The van der Waals surface area contributed by atoms with Crippen molar-refractivity contribution >= 4 is 5.69 Å². The summed E-state index contributed by atoms with van der Waals surface area (Å²) >= 11 is 0. The van der Waals surface area contributed by atoms with Crippen molar-refractivity contribution in [2.24, 2.45) is 0 Å². The summed E-state index contributed by atoms with van der Waals surface area (Å²) in [6.07, 6.45) is 0.111. The number of hydrogen-bond donors (Lipinski definition) is 2. The number of rotatable bonds is 6. The molecule has 1 aliphatic heterocycles. The van der Waals surface area contributed by atoms with Crippen molar-refractivity contribution in [3.63, 3.8) is 0 Å². The molecule has 0 unspecified atom stereocenters. The molecule has 0 bridgehead atoms. The van der Waals surface area contributed by atoms with Gasteiger partial charge in [0, 0.05) is 25.2 Å². The van der Waals surface area contributed by atoms with E-state index in [-0.39, 0.29) is 30.7 Å². The van der Waals surface area contributed by atoms with Crippen LogP contribution in [0.15, 0.2) is 24.3 Å². The minimum atomic E-state index is -0.481. The number of benzene rings is 1. The van der Waals surface area contributed by atoms with Crippen LogP contribution in [0.4, 0.5) is 5.69 Å². The molecule has 20 heavy (non-hydrogen) atoms. The fourth-order valence-electron chi connectivity index (χ4n) is 2.42. The molecule has 2 rings (SSSR count). The molecule has 0 saturated carbocycles. The van der Waals surface area contributed by atoms with Crippen molar-refractivity contribution in [3.8, 4) is 5.75 Å². The van der Waals surface area contributed by atoms with E-state index in [1.54, 1.807) is 18.2 Å². The third-order valence-electron chi connectivity index (χ3n) is 3.41. The Morgan fingerprint density at radius 1 is 1.45 bits per heavy atom. The van der Waals surface area contributed by atoms with Crippen LogP contribution < -0.4 is 4.74 Å². The molecule has 1 fully saturated rings. The third-order valence-corrected chi connectivity index (χ3v) is 3.41. The van der Waals surface area contributed by atoms with E-state index in [2.05, 4.69) is 0 Å². The Hall–Kier alpha value is -1.70. The van der Waals surface area contributed by atoms with E-state index in [1.165, 1.54) is 6.07 Å². The molecule has 2 atom stereocenters. The van der Waals surface area contributed by atoms with Gasteiger partial charge in [-0.25, -0.2) is 0 Å². The molecule has 110 valence electrons. The number of nitro groups is 1. The molecule has 1 aromatic rings.